The number of benzene rings is 3. The highest BCUT2D eigenvalue weighted by Crippen LogP contribution is 2.40. The molecule has 0 atom stereocenters. The molecule has 1 aliphatic heterocycles. The van der Waals surface area contributed by atoms with Crippen molar-refractivity contribution in [2.24, 2.45) is 0 Å². The Kier molecular flexibility index (Phi) is 4.49. The van der Waals surface area contributed by atoms with Crippen LogP contribution in [0.5, 0.6) is 5.75 Å². The summed E-state index contributed by atoms with van der Waals surface area (Å²) in [5.41, 5.74) is 0.989. The summed E-state index contributed by atoms with van der Waals surface area (Å²) in [4.78, 5) is 13.1. The molecular formula is C23H20ClFN4O. The van der Waals surface area contributed by atoms with Crippen molar-refractivity contribution in [2.45, 2.75) is 6.04 Å². The highest BCUT2D eigenvalue weighted by atomic mass is 35.5. The lowest BCUT2D eigenvalue weighted by Gasteiger charge is -2.42. The average molecular weight is 423 g/mol. The van der Waals surface area contributed by atoms with E-state index in [9.17, 15) is 5.11 Å². The number of nitrogens with zero attached hydrogens (tertiary/aromatic N) is 4. The summed E-state index contributed by atoms with van der Waals surface area (Å²) in [5.74, 6) is 0.0491. The molecular weight excluding hydrogens is 403 g/mol. The van der Waals surface area contributed by atoms with Crippen LogP contribution in [0, 0.1) is 5.82 Å². The van der Waals surface area contributed by atoms with Gasteiger partial charge in [0.1, 0.15) is 11.3 Å². The molecule has 7 heteroatoms. The standard InChI is InChI=1S/C23H20ClFN4O/c1-28(2)15-11-29(12-15)23-26-10-14-8-19(24)20(21(25)22(14)27-23)18-9-16(30)7-13-5-3-4-6-17(13)18/h3-10,15,30H,11-12H2,1-2H3. The Morgan fingerprint density at radius 2 is 1.90 bits per heavy atom. The molecule has 0 bridgehead atoms. The van der Waals surface area contributed by atoms with Gasteiger partial charge in [-0.2, -0.15) is 0 Å². The van der Waals surface area contributed by atoms with Crippen molar-refractivity contribution in [1.82, 2.24) is 14.9 Å². The molecule has 5 rings (SSSR count). The maximum Gasteiger partial charge on any atom is 0.226 e. The van der Waals surface area contributed by atoms with Crippen LogP contribution in [0.4, 0.5) is 10.3 Å². The van der Waals surface area contributed by atoms with Gasteiger partial charge < -0.3 is 14.9 Å². The third-order valence-corrected chi connectivity index (χ3v) is 6.04. The van der Waals surface area contributed by atoms with Gasteiger partial charge in [-0.25, -0.2) is 14.4 Å². The lowest BCUT2D eigenvalue weighted by Crippen LogP contribution is -2.58. The van der Waals surface area contributed by atoms with Crippen LogP contribution in [0.25, 0.3) is 32.8 Å². The maximum absolute atomic E-state index is 15.8. The van der Waals surface area contributed by atoms with Gasteiger partial charge in [0.2, 0.25) is 5.95 Å². The van der Waals surface area contributed by atoms with Crippen molar-refractivity contribution in [2.75, 3.05) is 32.1 Å². The summed E-state index contributed by atoms with van der Waals surface area (Å²) in [6.07, 6.45) is 1.61. The third kappa shape index (κ3) is 3.04. The Bertz CT molecular complexity index is 1290. The molecule has 1 saturated heterocycles. The van der Waals surface area contributed by atoms with E-state index in [1.165, 1.54) is 6.07 Å². The third-order valence-electron chi connectivity index (χ3n) is 5.74. The second-order valence-corrected chi connectivity index (χ2v) is 8.30. The van der Waals surface area contributed by atoms with E-state index in [-0.39, 0.29) is 21.9 Å². The molecule has 1 aliphatic rings. The second kappa shape index (κ2) is 7.07. The molecule has 2 heterocycles. The molecule has 1 fully saturated rings. The number of hydrogen-bond donors (Lipinski definition) is 1. The molecule has 152 valence electrons. The van der Waals surface area contributed by atoms with Crippen LogP contribution in [0.1, 0.15) is 0 Å². The van der Waals surface area contributed by atoms with Gasteiger partial charge >= 0.3 is 0 Å². The normalized spacial score (nSPS) is 14.6. The zero-order valence-corrected chi connectivity index (χ0v) is 17.4. The first-order chi connectivity index (χ1) is 14.4. The zero-order valence-electron chi connectivity index (χ0n) is 16.6. The minimum atomic E-state index is -0.512. The van der Waals surface area contributed by atoms with Gasteiger partial charge in [-0.3, -0.25) is 0 Å². The van der Waals surface area contributed by atoms with Crippen LogP contribution in [0.15, 0.2) is 48.7 Å². The predicted octanol–water partition coefficient (Wildman–Crippen LogP) is 4.70. The fourth-order valence-electron chi connectivity index (χ4n) is 3.94. The van der Waals surface area contributed by atoms with E-state index in [0.717, 1.165) is 23.9 Å². The Morgan fingerprint density at radius 1 is 1.13 bits per heavy atom. The van der Waals surface area contributed by atoms with E-state index in [2.05, 4.69) is 14.9 Å². The van der Waals surface area contributed by atoms with Gasteiger partial charge in [-0.05, 0) is 48.6 Å². The van der Waals surface area contributed by atoms with Crippen LogP contribution in [0.3, 0.4) is 0 Å². The van der Waals surface area contributed by atoms with Gasteiger partial charge in [0.05, 0.1) is 5.02 Å². The lowest BCUT2D eigenvalue weighted by molar-refractivity contribution is 0.245. The SMILES string of the molecule is CN(C)C1CN(c2ncc3cc(Cl)c(-c4cc(O)cc5ccccc45)c(F)c3n2)C1. The molecule has 0 spiro atoms. The monoisotopic (exact) mass is 422 g/mol. The first-order valence-corrected chi connectivity index (χ1v) is 10.1. The summed E-state index contributed by atoms with van der Waals surface area (Å²) < 4.78 is 15.8. The number of likely N-dealkylation sites (N-methyl/N-ethyl adjacent to an activating group) is 1. The van der Waals surface area contributed by atoms with Gasteiger partial charge in [0.15, 0.2) is 5.82 Å². The number of phenols is 1. The summed E-state index contributed by atoms with van der Waals surface area (Å²) in [5, 5.41) is 12.6. The van der Waals surface area contributed by atoms with E-state index >= 15 is 4.39 Å². The first-order valence-electron chi connectivity index (χ1n) is 9.70. The average Bonchev–Trinajstić information content (AvgIpc) is 2.67. The minimum Gasteiger partial charge on any atom is -0.508 e. The van der Waals surface area contributed by atoms with Crippen molar-refractivity contribution < 1.29 is 9.50 Å². The van der Waals surface area contributed by atoms with Crippen molar-refractivity contribution in [3.05, 3.63) is 59.5 Å². The largest absolute Gasteiger partial charge is 0.508 e. The van der Waals surface area contributed by atoms with Crippen LogP contribution >= 0.6 is 11.6 Å². The van der Waals surface area contributed by atoms with Crippen LogP contribution in [0.2, 0.25) is 5.02 Å². The Hall–Kier alpha value is -2.96. The highest BCUT2D eigenvalue weighted by Gasteiger charge is 2.30. The maximum atomic E-state index is 15.8. The molecule has 0 aliphatic carbocycles. The van der Waals surface area contributed by atoms with Crippen LogP contribution in [-0.4, -0.2) is 53.2 Å². The lowest BCUT2D eigenvalue weighted by atomic mass is 9.96. The number of halogens is 2. The molecule has 1 N–H and O–H groups in total. The van der Waals surface area contributed by atoms with E-state index in [0.29, 0.717) is 22.9 Å². The number of aromatic hydroxyl groups is 1. The number of fused-ring (bicyclic) bond motifs is 2. The summed E-state index contributed by atoms with van der Waals surface area (Å²) in [7, 11) is 4.08. The Labute approximate surface area is 178 Å². The molecule has 0 unspecified atom stereocenters. The number of phenolic OH excluding ortho intramolecular Hbond substituents is 1. The van der Waals surface area contributed by atoms with Crippen LogP contribution < -0.4 is 4.90 Å². The van der Waals surface area contributed by atoms with Gasteiger partial charge in [0, 0.05) is 36.3 Å². The van der Waals surface area contributed by atoms with E-state index < -0.39 is 5.82 Å². The summed E-state index contributed by atoms with van der Waals surface area (Å²) in [6.45, 7) is 1.61. The summed E-state index contributed by atoms with van der Waals surface area (Å²) >= 11 is 6.50. The van der Waals surface area contributed by atoms with Gasteiger partial charge in [-0.15, -0.1) is 0 Å². The molecule has 0 amide bonds. The van der Waals surface area contributed by atoms with Gasteiger partial charge in [0.25, 0.3) is 0 Å². The number of anilines is 1. The zero-order chi connectivity index (χ0) is 21.0. The predicted molar refractivity (Wildman–Crippen MR) is 119 cm³/mol. The van der Waals surface area contributed by atoms with Crippen molar-refractivity contribution in [3.63, 3.8) is 0 Å². The Balaban J connectivity index is 1.67. The van der Waals surface area contributed by atoms with Crippen molar-refractivity contribution in [3.8, 4) is 16.9 Å². The molecule has 1 aromatic heterocycles. The highest BCUT2D eigenvalue weighted by molar-refractivity contribution is 6.34. The summed E-state index contributed by atoms with van der Waals surface area (Å²) in [6, 6.07) is 12.8. The molecule has 0 radical (unpaired) electrons. The van der Waals surface area contributed by atoms with Crippen molar-refractivity contribution >= 4 is 39.2 Å². The molecule has 0 saturated carbocycles. The fraction of sp³-hybridized carbons (Fsp3) is 0.217. The van der Waals surface area contributed by atoms with Crippen LogP contribution in [-0.2, 0) is 0 Å². The molecule has 30 heavy (non-hydrogen) atoms. The number of rotatable bonds is 3. The topological polar surface area (TPSA) is 52.5 Å². The van der Waals surface area contributed by atoms with Crippen molar-refractivity contribution in [1.29, 1.82) is 0 Å². The van der Waals surface area contributed by atoms with E-state index in [1.54, 1.807) is 18.3 Å². The second-order valence-electron chi connectivity index (χ2n) is 7.89. The molecule has 3 aromatic carbocycles. The first kappa shape index (κ1) is 19.0. The smallest absolute Gasteiger partial charge is 0.226 e. The van der Waals surface area contributed by atoms with Gasteiger partial charge in [-0.1, -0.05) is 35.9 Å². The fourth-order valence-corrected chi connectivity index (χ4v) is 4.24. The number of hydrogen-bond acceptors (Lipinski definition) is 5. The Morgan fingerprint density at radius 3 is 2.67 bits per heavy atom. The number of aromatic nitrogens is 2. The minimum absolute atomic E-state index is 0.0537. The molecule has 5 nitrogen and oxygen atoms in total. The van der Waals surface area contributed by atoms with E-state index in [1.807, 2.05) is 43.3 Å². The van der Waals surface area contributed by atoms with E-state index in [4.69, 9.17) is 11.6 Å². The quantitative estimate of drug-likeness (QED) is 0.518. The molecule has 4 aromatic rings.